The van der Waals surface area contributed by atoms with Crippen LogP contribution >= 0.6 is 15.9 Å². The van der Waals surface area contributed by atoms with Crippen molar-refractivity contribution in [3.8, 4) is 11.5 Å². The molecule has 0 spiro atoms. The number of hydrogen-bond donors (Lipinski definition) is 1. The average Bonchev–Trinajstić information content (AvgIpc) is 2.53. The van der Waals surface area contributed by atoms with Crippen LogP contribution in [0.3, 0.4) is 0 Å². The zero-order valence-corrected chi connectivity index (χ0v) is 8.15. The number of hydrogen-bond acceptors (Lipinski definition) is 4. The highest BCUT2D eigenvalue weighted by Gasteiger charge is 2.04. The average molecular weight is 240 g/mol. The molecule has 0 aliphatic carbocycles. The molecule has 2 aromatic rings. The summed E-state index contributed by atoms with van der Waals surface area (Å²) in [7, 11) is 0. The van der Waals surface area contributed by atoms with Crippen LogP contribution in [-0.2, 0) is 0 Å². The van der Waals surface area contributed by atoms with Crippen LogP contribution in [0.4, 0.5) is 5.69 Å². The van der Waals surface area contributed by atoms with Crippen LogP contribution in [0.25, 0.3) is 11.5 Å². The van der Waals surface area contributed by atoms with E-state index in [1.807, 2.05) is 6.07 Å². The molecule has 4 nitrogen and oxygen atoms in total. The van der Waals surface area contributed by atoms with Gasteiger partial charge in [0, 0.05) is 15.7 Å². The smallest absolute Gasteiger partial charge is 0.257 e. The van der Waals surface area contributed by atoms with Gasteiger partial charge in [0.1, 0.15) is 0 Å². The lowest BCUT2D eigenvalue weighted by atomic mass is 10.2. The van der Waals surface area contributed by atoms with E-state index in [1.165, 1.54) is 6.33 Å². The summed E-state index contributed by atoms with van der Waals surface area (Å²) in [5, 5.41) is 3.52. The minimum atomic E-state index is 0.466. The fraction of sp³-hybridized carbons (Fsp3) is 0. The number of nitrogens with zero attached hydrogens (tertiary/aromatic N) is 2. The van der Waals surface area contributed by atoms with E-state index in [0.29, 0.717) is 11.6 Å². The molecule has 0 saturated carbocycles. The first-order valence-corrected chi connectivity index (χ1v) is 4.38. The van der Waals surface area contributed by atoms with Crippen molar-refractivity contribution in [2.24, 2.45) is 0 Å². The molecule has 0 aliphatic heterocycles. The van der Waals surface area contributed by atoms with Gasteiger partial charge in [0.05, 0.1) is 0 Å². The van der Waals surface area contributed by atoms with E-state index in [2.05, 4.69) is 26.1 Å². The van der Waals surface area contributed by atoms with Gasteiger partial charge >= 0.3 is 0 Å². The Labute approximate surface area is 82.9 Å². The quantitative estimate of drug-likeness (QED) is 0.775. The summed E-state index contributed by atoms with van der Waals surface area (Å²) >= 11 is 3.33. The second-order valence-corrected chi connectivity index (χ2v) is 3.44. The van der Waals surface area contributed by atoms with Crippen molar-refractivity contribution in [1.29, 1.82) is 0 Å². The first-order valence-electron chi connectivity index (χ1n) is 3.59. The van der Waals surface area contributed by atoms with Crippen LogP contribution in [0, 0.1) is 0 Å². The van der Waals surface area contributed by atoms with E-state index >= 15 is 0 Å². The predicted octanol–water partition coefficient (Wildman–Crippen LogP) is 2.08. The molecule has 0 unspecified atom stereocenters. The lowest BCUT2D eigenvalue weighted by Crippen LogP contribution is -1.86. The molecule has 1 aromatic carbocycles. The Balaban J connectivity index is 2.53. The molecule has 13 heavy (non-hydrogen) atoms. The minimum Gasteiger partial charge on any atom is -0.399 e. The maximum absolute atomic E-state index is 5.65. The van der Waals surface area contributed by atoms with Gasteiger partial charge in [0.15, 0.2) is 6.33 Å². The van der Waals surface area contributed by atoms with Gasteiger partial charge in [-0.05, 0) is 18.2 Å². The molecule has 0 amide bonds. The van der Waals surface area contributed by atoms with Crippen LogP contribution in [0.5, 0.6) is 0 Å². The Kier molecular flexibility index (Phi) is 2.02. The fourth-order valence-electron chi connectivity index (χ4n) is 1.04. The molecule has 0 saturated heterocycles. The van der Waals surface area contributed by atoms with Crippen molar-refractivity contribution in [3.63, 3.8) is 0 Å². The van der Waals surface area contributed by atoms with Gasteiger partial charge in [-0.1, -0.05) is 21.1 Å². The molecule has 0 atom stereocenters. The normalized spacial score (nSPS) is 10.2. The van der Waals surface area contributed by atoms with Crippen molar-refractivity contribution in [1.82, 2.24) is 10.1 Å². The van der Waals surface area contributed by atoms with E-state index in [-0.39, 0.29) is 0 Å². The van der Waals surface area contributed by atoms with E-state index in [9.17, 15) is 0 Å². The molecule has 0 radical (unpaired) electrons. The number of benzene rings is 1. The molecular formula is C8H6BrN3O. The summed E-state index contributed by atoms with van der Waals surface area (Å²) in [6.45, 7) is 0. The van der Waals surface area contributed by atoms with Gasteiger partial charge < -0.3 is 10.3 Å². The predicted molar refractivity (Wildman–Crippen MR) is 51.8 cm³/mol. The van der Waals surface area contributed by atoms with Gasteiger partial charge in [0.25, 0.3) is 5.89 Å². The fourth-order valence-corrected chi connectivity index (χ4v) is 1.55. The van der Waals surface area contributed by atoms with Crippen molar-refractivity contribution >= 4 is 21.6 Å². The number of nitrogen functional groups attached to an aromatic ring is 1. The Morgan fingerprint density at radius 1 is 1.31 bits per heavy atom. The highest BCUT2D eigenvalue weighted by molar-refractivity contribution is 9.10. The Morgan fingerprint density at radius 2 is 2.15 bits per heavy atom. The minimum absolute atomic E-state index is 0.466. The summed E-state index contributed by atoms with van der Waals surface area (Å²) in [5.74, 6) is 0.466. The molecule has 0 bridgehead atoms. The monoisotopic (exact) mass is 239 g/mol. The summed E-state index contributed by atoms with van der Waals surface area (Å²) in [6.07, 6.45) is 1.35. The van der Waals surface area contributed by atoms with Crippen LogP contribution in [0.1, 0.15) is 0 Å². The summed E-state index contributed by atoms with van der Waals surface area (Å²) in [6, 6.07) is 5.45. The summed E-state index contributed by atoms with van der Waals surface area (Å²) in [5.41, 5.74) is 7.11. The first kappa shape index (κ1) is 8.25. The van der Waals surface area contributed by atoms with Gasteiger partial charge in [0.2, 0.25) is 0 Å². The van der Waals surface area contributed by atoms with Gasteiger partial charge in [-0.2, -0.15) is 4.98 Å². The molecule has 5 heteroatoms. The Bertz CT molecular complexity index is 393. The maximum Gasteiger partial charge on any atom is 0.257 e. The third-order valence-electron chi connectivity index (χ3n) is 1.53. The van der Waals surface area contributed by atoms with Gasteiger partial charge in [-0.25, -0.2) is 0 Å². The van der Waals surface area contributed by atoms with Crippen LogP contribution in [-0.4, -0.2) is 10.1 Å². The highest BCUT2D eigenvalue weighted by atomic mass is 79.9. The van der Waals surface area contributed by atoms with E-state index < -0.39 is 0 Å². The molecule has 1 aromatic heterocycles. The topological polar surface area (TPSA) is 64.9 Å². The second kappa shape index (κ2) is 3.18. The van der Waals surface area contributed by atoms with Gasteiger partial charge in [-0.15, -0.1) is 0 Å². The molecule has 66 valence electrons. The number of rotatable bonds is 1. The molecule has 0 aliphatic rings. The molecule has 0 fully saturated rings. The first-order chi connectivity index (χ1) is 6.25. The number of halogens is 1. The largest absolute Gasteiger partial charge is 0.399 e. The molecule has 1 heterocycles. The summed E-state index contributed by atoms with van der Waals surface area (Å²) < 4.78 is 5.78. The van der Waals surface area contributed by atoms with Crippen LogP contribution < -0.4 is 5.73 Å². The van der Waals surface area contributed by atoms with Crippen molar-refractivity contribution in [2.45, 2.75) is 0 Å². The molecule has 2 rings (SSSR count). The molecule has 2 N–H and O–H groups in total. The second-order valence-electron chi connectivity index (χ2n) is 2.52. The summed E-state index contributed by atoms with van der Waals surface area (Å²) in [4.78, 5) is 3.91. The lowest BCUT2D eigenvalue weighted by Gasteiger charge is -1.98. The number of nitrogens with two attached hydrogens (primary N) is 1. The Hall–Kier alpha value is -1.36. The third-order valence-corrected chi connectivity index (χ3v) is 1.99. The number of anilines is 1. The van der Waals surface area contributed by atoms with Crippen molar-refractivity contribution in [2.75, 3.05) is 5.73 Å². The number of aromatic nitrogens is 2. The third kappa shape index (κ3) is 1.70. The Morgan fingerprint density at radius 3 is 2.77 bits per heavy atom. The van der Waals surface area contributed by atoms with E-state index in [4.69, 9.17) is 10.3 Å². The highest BCUT2D eigenvalue weighted by Crippen LogP contribution is 2.24. The maximum atomic E-state index is 5.65. The van der Waals surface area contributed by atoms with Gasteiger partial charge in [-0.3, -0.25) is 0 Å². The lowest BCUT2D eigenvalue weighted by molar-refractivity contribution is 0.430. The standard InChI is InChI=1S/C8H6BrN3O/c9-6-1-5(2-7(10)3-6)8-11-4-12-13-8/h1-4H,10H2. The van der Waals surface area contributed by atoms with Crippen LogP contribution in [0.15, 0.2) is 33.5 Å². The zero-order valence-electron chi connectivity index (χ0n) is 6.57. The van der Waals surface area contributed by atoms with Crippen molar-refractivity contribution in [3.05, 3.63) is 29.0 Å². The SMILES string of the molecule is Nc1cc(Br)cc(-c2ncno2)c1. The zero-order chi connectivity index (χ0) is 9.26. The molecular weight excluding hydrogens is 234 g/mol. The van der Waals surface area contributed by atoms with Crippen molar-refractivity contribution < 1.29 is 4.52 Å². The van der Waals surface area contributed by atoms with Crippen LogP contribution in [0.2, 0.25) is 0 Å². The van der Waals surface area contributed by atoms with E-state index in [1.54, 1.807) is 12.1 Å². The van der Waals surface area contributed by atoms with E-state index in [0.717, 1.165) is 10.0 Å².